The molecule has 0 unspecified atom stereocenters. The second kappa shape index (κ2) is 16.5. The number of fused-ring (bicyclic) bond motifs is 1. The van der Waals surface area contributed by atoms with Crippen molar-refractivity contribution in [2.24, 2.45) is 5.92 Å². The molecule has 5 rings (SSSR count). The number of carbonyl (C=O) groups excluding carboxylic acids is 2. The second-order valence-electron chi connectivity index (χ2n) is 12.2. The van der Waals surface area contributed by atoms with Crippen LogP contribution < -0.4 is 20.4 Å². The maximum Gasteiger partial charge on any atom is 0.277 e. The van der Waals surface area contributed by atoms with Gasteiger partial charge in [-0.15, -0.1) is 0 Å². The van der Waals surface area contributed by atoms with Crippen molar-refractivity contribution < 1.29 is 33.8 Å². The van der Waals surface area contributed by atoms with Gasteiger partial charge in [0.15, 0.2) is 29.2 Å². The van der Waals surface area contributed by atoms with Crippen LogP contribution in [0.5, 0.6) is 11.5 Å². The number of alkyl halides is 1. The largest absolute Gasteiger partial charge is 0.506 e. The number of nitrogen functional groups attached to an aromatic ring is 1. The molecule has 1 aliphatic rings. The number of aryl methyl sites for hydroxylation is 2. The Morgan fingerprint density at radius 3 is 2.73 bits per heavy atom. The topological polar surface area (TPSA) is 182 Å². The van der Waals surface area contributed by atoms with Gasteiger partial charge in [-0.25, -0.2) is 19.1 Å². The molecule has 5 N–H and O–H groups in total. The molecular formula is C34H44IN8O6+. The van der Waals surface area contributed by atoms with Crippen LogP contribution in [0.3, 0.4) is 0 Å². The summed E-state index contributed by atoms with van der Waals surface area (Å²) in [6.07, 6.45) is 2.66. The number of aromatic hydroxyl groups is 1. The van der Waals surface area contributed by atoms with Gasteiger partial charge in [0.05, 0.1) is 37.6 Å². The van der Waals surface area contributed by atoms with Crippen LogP contribution in [-0.2, 0) is 40.1 Å². The molecule has 15 heteroatoms. The number of imidazole rings is 1. The highest BCUT2D eigenvalue weighted by Crippen LogP contribution is 2.24. The van der Waals surface area contributed by atoms with Crippen molar-refractivity contribution >= 4 is 51.3 Å². The summed E-state index contributed by atoms with van der Waals surface area (Å²) in [6.45, 7) is 8.26. The first-order chi connectivity index (χ1) is 23.6. The van der Waals surface area contributed by atoms with E-state index < -0.39 is 12.0 Å². The van der Waals surface area contributed by atoms with Gasteiger partial charge in [-0.1, -0.05) is 22.6 Å². The number of nitrogens with two attached hydrogens (primary N) is 1. The number of aromatic nitrogens is 5. The molecule has 0 radical (unpaired) electrons. The van der Waals surface area contributed by atoms with Crippen molar-refractivity contribution in [3.8, 4) is 11.5 Å². The molecule has 49 heavy (non-hydrogen) atoms. The molecule has 0 spiro atoms. The lowest BCUT2D eigenvalue weighted by atomic mass is 10.0. The minimum atomic E-state index is -0.788. The van der Waals surface area contributed by atoms with Crippen molar-refractivity contribution in [1.82, 2.24) is 29.7 Å². The molecule has 4 heterocycles. The third-order valence-electron chi connectivity index (χ3n) is 8.49. The van der Waals surface area contributed by atoms with Crippen LogP contribution in [0.2, 0.25) is 0 Å². The lowest BCUT2D eigenvalue weighted by Gasteiger charge is -2.24. The van der Waals surface area contributed by atoms with E-state index >= 15 is 0 Å². The van der Waals surface area contributed by atoms with E-state index in [-0.39, 0.29) is 49.4 Å². The molecule has 1 atom stereocenters. The second-order valence-corrected chi connectivity index (χ2v) is 13.0. The SMILES string of the molecule is CCn1c(CNC(=O)c2nc(CI)cnc2N)[n+](CC2CCOCC2)c2ccc(OCC(=O)N(Cc3nc(C)ccc3O)C[C@H](C)O)cc21. The summed E-state index contributed by atoms with van der Waals surface area (Å²) >= 11 is 2.17. The molecular weight excluding hydrogens is 743 g/mol. The van der Waals surface area contributed by atoms with Crippen LogP contribution in [0, 0.1) is 12.8 Å². The fraction of sp³-hybridized carbons (Fsp3) is 0.471. The molecule has 0 aliphatic carbocycles. The Morgan fingerprint density at radius 2 is 2.02 bits per heavy atom. The molecule has 0 bridgehead atoms. The Kier molecular flexibility index (Phi) is 12.2. The third kappa shape index (κ3) is 8.93. The highest BCUT2D eigenvalue weighted by Gasteiger charge is 2.29. The van der Waals surface area contributed by atoms with Gasteiger partial charge >= 0.3 is 0 Å². The zero-order chi connectivity index (χ0) is 35.1. The van der Waals surface area contributed by atoms with Crippen molar-refractivity contribution in [1.29, 1.82) is 0 Å². The summed E-state index contributed by atoms with van der Waals surface area (Å²) in [6, 6.07) is 8.93. The molecule has 1 aliphatic heterocycles. The number of aliphatic hydroxyl groups is 1. The summed E-state index contributed by atoms with van der Waals surface area (Å²) in [5.74, 6) is 1.09. The molecule has 1 fully saturated rings. The Balaban J connectivity index is 1.40. The number of pyridine rings is 1. The maximum absolute atomic E-state index is 13.4. The number of hydrogen-bond acceptors (Lipinski definition) is 10. The number of rotatable bonds is 14. The van der Waals surface area contributed by atoms with Crippen LogP contribution in [0.25, 0.3) is 11.0 Å². The number of amides is 2. The van der Waals surface area contributed by atoms with Crippen molar-refractivity contribution in [2.75, 3.05) is 32.1 Å². The van der Waals surface area contributed by atoms with E-state index in [4.69, 9.17) is 15.2 Å². The average molecular weight is 788 g/mol. The summed E-state index contributed by atoms with van der Waals surface area (Å²) in [4.78, 5) is 41.0. The first-order valence-corrected chi connectivity index (χ1v) is 17.9. The van der Waals surface area contributed by atoms with Gasteiger partial charge in [0.1, 0.15) is 23.7 Å². The molecule has 3 aromatic heterocycles. The summed E-state index contributed by atoms with van der Waals surface area (Å²) < 4.78 is 16.6. The van der Waals surface area contributed by atoms with Crippen LogP contribution in [-0.4, -0.2) is 78.9 Å². The van der Waals surface area contributed by atoms with Gasteiger partial charge in [-0.05, 0) is 57.9 Å². The molecule has 0 saturated carbocycles. The molecule has 4 aromatic rings. The zero-order valence-electron chi connectivity index (χ0n) is 28.1. The Labute approximate surface area is 298 Å². The fourth-order valence-electron chi connectivity index (χ4n) is 6.02. The molecule has 2 amide bonds. The highest BCUT2D eigenvalue weighted by molar-refractivity contribution is 14.1. The van der Waals surface area contributed by atoms with E-state index in [2.05, 4.69) is 52.0 Å². The Hall–Kier alpha value is -4.09. The van der Waals surface area contributed by atoms with E-state index in [1.807, 2.05) is 25.1 Å². The van der Waals surface area contributed by atoms with Gasteiger partial charge in [-0.2, -0.15) is 0 Å². The summed E-state index contributed by atoms with van der Waals surface area (Å²) in [5.41, 5.74) is 9.70. The monoisotopic (exact) mass is 787 g/mol. The van der Waals surface area contributed by atoms with Crippen LogP contribution in [0.15, 0.2) is 36.5 Å². The molecule has 14 nitrogen and oxygen atoms in total. The van der Waals surface area contributed by atoms with Crippen LogP contribution >= 0.6 is 22.6 Å². The number of benzene rings is 1. The summed E-state index contributed by atoms with van der Waals surface area (Å²) in [7, 11) is 0. The number of aliphatic hydroxyl groups excluding tert-OH is 1. The molecule has 1 aromatic carbocycles. The van der Waals surface area contributed by atoms with E-state index in [0.29, 0.717) is 52.9 Å². The normalized spacial score (nSPS) is 14.1. The van der Waals surface area contributed by atoms with Gasteiger partial charge < -0.3 is 35.6 Å². The number of nitrogens with one attached hydrogen (secondary N) is 1. The van der Waals surface area contributed by atoms with Crippen LogP contribution in [0.4, 0.5) is 5.82 Å². The van der Waals surface area contributed by atoms with Crippen LogP contribution in [0.1, 0.15) is 60.1 Å². The molecule has 262 valence electrons. The lowest BCUT2D eigenvalue weighted by molar-refractivity contribution is -0.687. The minimum Gasteiger partial charge on any atom is -0.506 e. The Bertz CT molecular complexity index is 1790. The predicted molar refractivity (Wildman–Crippen MR) is 190 cm³/mol. The zero-order valence-corrected chi connectivity index (χ0v) is 30.2. The fourth-order valence-corrected chi connectivity index (χ4v) is 6.38. The van der Waals surface area contributed by atoms with E-state index in [9.17, 15) is 19.8 Å². The number of ether oxygens (including phenoxy) is 2. The number of hydrogen-bond donors (Lipinski definition) is 4. The number of anilines is 1. The Morgan fingerprint density at radius 1 is 1.24 bits per heavy atom. The van der Waals surface area contributed by atoms with E-state index in [1.54, 1.807) is 32.2 Å². The minimum absolute atomic E-state index is 0.0210. The highest BCUT2D eigenvalue weighted by atomic mass is 127. The standard InChI is InChI=1S/C34H43IN8O6/c1-4-42-28-13-25(49-20-31(46)41(17-22(3)44)19-26-29(45)8-5-21(2)39-26)6-7-27(28)43(18-23-9-11-48-12-10-23)30(42)16-38-34(47)32-33(36)37-15-24(14-35)40-32/h5-8,13,15,22-23,44H,4,9-12,14,16-20H2,1-3H3,(H3-,36,37,38,45,47)/p+1/t22-/m0/s1. The first-order valence-electron chi connectivity index (χ1n) is 16.4. The summed E-state index contributed by atoms with van der Waals surface area (Å²) in [5, 5.41) is 23.4. The van der Waals surface area contributed by atoms with E-state index in [1.165, 1.54) is 4.90 Å². The van der Waals surface area contributed by atoms with Crippen molar-refractivity contribution in [3.05, 3.63) is 65.1 Å². The first kappa shape index (κ1) is 36.2. The average Bonchev–Trinajstić information content (AvgIpc) is 3.38. The quantitative estimate of drug-likeness (QED) is 0.0843. The van der Waals surface area contributed by atoms with Gasteiger partial charge in [0.25, 0.3) is 17.6 Å². The van der Waals surface area contributed by atoms with Gasteiger partial charge in [0, 0.05) is 41.9 Å². The van der Waals surface area contributed by atoms with Crippen molar-refractivity contribution in [3.63, 3.8) is 0 Å². The van der Waals surface area contributed by atoms with Crippen molar-refractivity contribution in [2.45, 2.75) is 70.3 Å². The number of halogens is 1. The third-order valence-corrected chi connectivity index (χ3v) is 9.27. The molecule has 1 saturated heterocycles. The van der Waals surface area contributed by atoms with Gasteiger partial charge in [0.2, 0.25) is 0 Å². The number of nitrogens with zero attached hydrogens (tertiary/aromatic N) is 6. The number of carbonyl (C=O) groups is 2. The maximum atomic E-state index is 13.4. The van der Waals surface area contributed by atoms with E-state index in [0.717, 1.165) is 36.2 Å². The smallest absolute Gasteiger partial charge is 0.277 e. The van der Waals surface area contributed by atoms with Gasteiger partial charge in [-0.3, -0.25) is 14.6 Å². The lowest BCUT2D eigenvalue weighted by Crippen LogP contribution is -2.44. The predicted octanol–water partition coefficient (Wildman–Crippen LogP) is 2.81.